The summed E-state index contributed by atoms with van der Waals surface area (Å²) in [6, 6.07) is 2.79. The predicted molar refractivity (Wildman–Crippen MR) is 45.4 cm³/mol. The molecule has 62 valence electrons. The van der Waals surface area contributed by atoms with E-state index in [1.807, 2.05) is 0 Å². The zero-order valence-electron chi connectivity index (χ0n) is 6.23. The second-order valence-corrected chi connectivity index (χ2v) is 2.11. The first-order valence-electron chi connectivity index (χ1n) is 3.18. The maximum Gasteiger partial charge on any atom is 0.365 e. The Labute approximate surface area is 68.7 Å². The quantitative estimate of drug-likeness (QED) is 0.527. The Kier molecular flexibility index (Phi) is 2.05. The van der Waals surface area contributed by atoms with Crippen LogP contribution in [0.2, 0.25) is 0 Å². The lowest BCUT2D eigenvalue weighted by Gasteiger charge is -1.94. The van der Waals surface area contributed by atoms with Gasteiger partial charge in [0, 0.05) is 11.6 Å². The molecule has 0 amide bonds. The van der Waals surface area contributed by atoms with E-state index in [1.54, 1.807) is 0 Å². The summed E-state index contributed by atoms with van der Waals surface area (Å²) in [6.07, 6.45) is 1.49. The van der Waals surface area contributed by atoms with Crippen LogP contribution in [0.25, 0.3) is 6.08 Å². The summed E-state index contributed by atoms with van der Waals surface area (Å²) >= 11 is 0. The third-order valence-corrected chi connectivity index (χ3v) is 1.35. The topological polar surface area (TPSA) is 82.0 Å². The zero-order valence-corrected chi connectivity index (χ0v) is 6.23. The molecule has 1 aromatic rings. The van der Waals surface area contributed by atoms with Gasteiger partial charge in [-0.1, -0.05) is 12.7 Å². The molecule has 1 heterocycles. The SMILES string of the molecule is C=Cc1ccc([N+](=O)[O-])nc1N. The van der Waals surface area contributed by atoms with Crippen molar-refractivity contribution >= 4 is 17.7 Å². The van der Waals surface area contributed by atoms with Gasteiger partial charge in [0.1, 0.15) is 0 Å². The largest absolute Gasteiger partial charge is 0.365 e. The second kappa shape index (κ2) is 3.00. The molecule has 0 aliphatic carbocycles. The maximum absolute atomic E-state index is 10.2. The van der Waals surface area contributed by atoms with Crippen LogP contribution < -0.4 is 5.73 Å². The van der Waals surface area contributed by atoms with Gasteiger partial charge in [-0.25, -0.2) is 0 Å². The van der Waals surface area contributed by atoms with Gasteiger partial charge in [0.2, 0.25) is 5.82 Å². The molecule has 0 saturated heterocycles. The van der Waals surface area contributed by atoms with Crippen molar-refractivity contribution < 1.29 is 4.92 Å². The lowest BCUT2D eigenvalue weighted by molar-refractivity contribution is -0.389. The van der Waals surface area contributed by atoms with E-state index in [-0.39, 0.29) is 11.6 Å². The number of hydrogen-bond donors (Lipinski definition) is 1. The summed E-state index contributed by atoms with van der Waals surface area (Å²) in [5.41, 5.74) is 5.98. The molecule has 0 unspecified atom stereocenters. The fraction of sp³-hybridized carbons (Fsp3) is 0. The molecule has 0 saturated carbocycles. The van der Waals surface area contributed by atoms with E-state index in [1.165, 1.54) is 18.2 Å². The Morgan fingerprint density at radius 2 is 2.33 bits per heavy atom. The highest BCUT2D eigenvalue weighted by Gasteiger charge is 2.09. The van der Waals surface area contributed by atoms with Crippen molar-refractivity contribution in [2.75, 3.05) is 5.73 Å². The van der Waals surface area contributed by atoms with E-state index in [9.17, 15) is 10.1 Å². The van der Waals surface area contributed by atoms with Crippen molar-refractivity contribution in [3.63, 3.8) is 0 Å². The lowest BCUT2D eigenvalue weighted by Crippen LogP contribution is -1.98. The van der Waals surface area contributed by atoms with Crippen LogP contribution in [0.4, 0.5) is 11.6 Å². The standard InChI is InChI=1S/C7H7N3O2/c1-2-5-3-4-6(10(11)12)9-7(5)8/h2-4H,1H2,(H2,8,9). The van der Waals surface area contributed by atoms with Crippen LogP contribution in [0.3, 0.4) is 0 Å². The predicted octanol–water partition coefficient (Wildman–Crippen LogP) is 1.22. The van der Waals surface area contributed by atoms with Gasteiger partial charge in [0.05, 0.1) is 0 Å². The number of nitrogens with zero attached hydrogens (tertiary/aromatic N) is 2. The fourth-order valence-electron chi connectivity index (χ4n) is 0.749. The fourth-order valence-corrected chi connectivity index (χ4v) is 0.749. The van der Waals surface area contributed by atoms with E-state index in [0.717, 1.165) is 0 Å². The number of nitro groups is 1. The molecule has 0 aliphatic rings. The lowest BCUT2D eigenvalue weighted by atomic mass is 10.2. The molecule has 1 aromatic heterocycles. The minimum absolute atomic E-state index is 0.124. The maximum atomic E-state index is 10.2. The number of pyridine rings is 1. The molecule has 0 spiro atoms. The van der Waals surface area contributed by atoms with Crippen LogP contribution in [0.15, 0.2) is 18.7 Å². The highest BCUT2D eigenvalue weighted by Crippen LogP contribution is 2.15. The van der Waals surface area contributed by atoms with E-state index < -0.39 is 4.92 Å². The van der Waals surface area contributed by atoms with E-state index in [0.29, 0.717) is 5.56 Å². The molecule has 0 aliphatic heterocycles. The normalized spacial score (nSPS) is 9.33. The van der Waals surface area contributed by atoms with Gasteiger partial charge in [-0.05, 0) is 16.0 Å². The summed E-state index contributed by atoms with van der Waals surface area (Å²) < 4.78 is 0. The van der Waals surface area contributed by atoms with Gasteiger partial charge in [-0.2, -0.15) is 0 Å². The smallest absolute Gasteiger partial charge is 0.362 e. The van der Waals surface area contributed by atoms with Gasteiger partial charge in [-0.15, -0.1) is 0 Å². The number of nitrogens with two attached hydrogens (primary N) is 1. The van der Waals surface area contributed by atoms with Crippen molar-refractivity contribution in [1.82, 2.24) is 4.98 Å². The molecule has 0 bridgehead atoms. The molecule has 5 heteroatoms. The van der Waals surface area contributed by atoms with Crippen molar-refractivity contribution in [2.24, 2.45) is 0 Å². The number of hydrogen-bond acceptors (Lipinski definition) is 4. The third kappa shape index (κ3) is 1.39. The molecule has 0 aromatic carbocycles. The van der Waals surface area contributed by atoms with Crippen LogP contribution in [0, 0.1) is 10.1 Å². The summed E-state index contributed by atoms with van der Waals surface area (Å²) in [4.78, 5) is 13.2. The molecule has 5 nitrogen and oxygen atoms in total. The Bertz CT molecular complexity index is 335. The van der Waals surface area contributed by atoms with E-state index in [4.69, 9.17) is 5.73 Å². The Balaban J connectivity index is 3.18. The van der Waals surface area contributed by atoms with Gasteiger partial charge in [-0.3, -0.25) is 0 Å². The van der Waals surface area contributed by atoms with Crippen molar-refractivity contribution in [3.8, 4) is 0 Å². The molecule has 2 N–H and O–H groups in total. The van der Waals surface area contributed by atoms with E-state index >= 15 is 0 Å². The molecule has 1 rings (SSSR count). The molecule has 0 atom stereocenters. The van der Waals surface area contributed by atoms with Crippen LogP contribution in [0.1, 0.15) is 5.56 Å². The first-order valence-corrected chi connectivity index (χ1v) is 3.18. The zero-order chi connectivity index (χ0) is 9.14. The monoisotopic (exact) mass is 165 g/mol. The molecular formula is C7H7N3O2. The summed E-state index contributed by atoms with van der Waals surface area (Å²) in [5, 5.41) is 10.2. The van der Waals surface area contributed by atoms with E-state index in [2.05, 4.69) is 11.6 Å². The van der Waals surface area contributed by atoms with Crippen LogP contribution in [-0.4, -0.2) is 9.91 Å². The second-order valence-electron chi connectivity index (χ2n) is 2.11. The molecule has 0 radical (unpaired) electrons. The van der Waals surface area contributed by atoms with Crippen LogP contribution >= 0.6 is 0 Å². The summed E-state index contributed by atoms with van der Waals surface area (Å²) in [6.45, 7) is 3.48. The Morgan fingerprint density at radius 1 is 1.67 bits per heavy atom. The van der Waals surface area contributed by atoms with Gasteiger partial charge in [0.25, 0.3) is 0 Å². The number of aromatic nitrogens is 1. The number of anilines is 1. The first-order chi connectivity index (χ1) is 5.65. The first kappa shape index (κ1) is 8.19. The molecular weight excluding hydrogens is 158 g/mol. The Hall–Kier alpha value is -1.91. The van der Waals surface area contributed by atoms with Gasteiger partial charge < -0.3 is 15.8 Å². The molecule has 0 fully saturated rings. The number of rotatable bonds is 2. The molecule has 12 heavy (non-hydrogen) atoms. The van der Waals surface area contributed by atoms with Crippen molar-refractivity contribution in [1.29, 1.82) is 0 Å². The summed E-state index contributed by atoms with van der Waals surface area (Å²) in [5.74, 6) is -0.127. The average Bonchev–Trinajstić information content (AvgIpc) is 2.04. The highest BCUT2D eigenvalue weighted by molar-refractivity contribution is 5.60. The van der Waals surface area contributed by atoms with Crippen LogP contribution in [-0.2, 0) is 0 Å². The van der Waals surface area contributed by atoms with Gasteiger partial charge in [0.15, 0.2) is 0 Å². The van der Waals surface area contributed by atoms with Gasteiger partial charge >= 0.3 is 5.82 Å². The average molecular weight is 165 g/mol. The van der Waals surface area contributed by atoms with Crippen LogP contribution in [0.5, 0.6) is 0 Å². The number of nitrogen functional groups attached to an aromatic ring is 1. The highest BCUT2D eigenvalue weighted by atomic mass is 16.6. The third-order valence-electron chi connectivity index (χ3n) is 1.35. The van der Waals surface area contributed by atoms with Crippen molar-refractivity contribution in [3.05, 3.63) is 34.4 Å². The summed E-state index contributed by atoms with van der Waals surface area (Å²) in [7, 11) is 0. The Morgan fingerprint density at radius 3 is 2.75 bits per heavy atom. The minimum Gasteiger partial charge on any atom is -0.362 e. The van der Waals surface area contributed by atoms with Crippen molar-refractivity contribution in [2.45, 2.75) is 0 Å². The minimum atomic E-state index is -0.594.